The maximum Gasteiger partial charge on any atom is 0.309 e. The highest BCUT2D eigenvalue weighted by molar-refractivity contribution is 5.76. The standard InChI is InChI=1S/C21H28O2/c1-20(19(22)23)10-11-6-16(20)17(7-11)21-14-4-2-12(8-14)18(21)13-3-5-15(21)9-13/h7,11-16,18H,2-6,8-10H2,1H3,(H,22,23). The Morgan fingerprint density at radius 1 is 1.09 bits per heavy atom. The molecule has 2 nitrogen and oxygen atoms in total. The first-order valence-corrected chi connectivity index (χ1v) is 10.0. The van der Waals surface area contributed by atoms with Gasteiger partial charge in [0.2, 0.25) is 0 Å². The van der Waals surface area contributed by atoms with Gasteiger partial charge in [0.25, 0.3) is 0 Å². The lowest BCUT2D eigenvalue weighted by atomic mass is 9.52. The Hall–Kier alpha value is -0.790. The molecule has 7 atom stereocenters. The van der Waals surface area contributed by atoms with E-state index in [4.69, 9.17) is 0 Å². The first kappa shape index (κ1) is 13.5. The van der Waals surface area contributed by atoms with Gasteiger partial charge in [-0.15, -0.1) is 0 Å². The van der Waals surface area contributed by atoms with E-state index < -0.39 is 11.4 Å². The molecule has 0 spiro atoms. The minimum atomic E-state index is -0.533. The van der Waals surface area contributed by atoms with Crippen LogP contribution in [0.3, 0.4) is 0 Å². The number of carbonyl (C=O) groups is 1. The third-order valence-corrected chi connectivity index (χ3v) is 9.64. The minimum Gasteiger partial charge on any atom is -0.481 e. The van der Waals surface area contributed by atoms with Crippen LogP contribution in [0, 0.1) is 52.3 Å². The average Bonchev–Trinajstić information content (AvgIpc) is 3.29. The molecular weight excluding hydrogens is 284 g/mol. The van der Waals surface area contributed by atoms with Gasteiger partial charge in [0, 0.05) is 5.41 Å². The molecule has 1 N–H and O–H groups in total. The van der Waals surface area contributed by atoms with Gasteiger partial charge in [-0.05, 0) is 99.7 Å². The maximum absolute atomic E-state index is 12.1. The normalized spacial score (nSPS) is 61.3. The molecule has 6 aliphatic carbocycles. The summed E-state index contributed by atoms with van der Waals surface area (Å²) in [6, 6.07) is 0. The lowest BCUT2D eigenvalue weighted by Crippen LogP contribution is -2.47. The fourth-order valence-corrected chi connectivity index (χ4v) is 9.24. The summed E-state index contributed by atoms with van der Waals surface area (Å²) in [4.78, 5) is 12.1. The van der Waals surface area contributed by atoms with Crippen LogP contribution in [0.2, 0.25) is 0 Å². The lowest BCUT2D eigenvalue weighted by Gasteiger charge is -2.52. The molecule has 124 valence electrons. The van der Waals surface area contributed by atoms with Crippen LogP contribution in [-0.4, -0.2) is 11.1 Å². The van der Waals surface area contributed by atoms with E-state index >= 15 is 0 Å². The number of fused-ring (bicyclic) bond motifs is 11. The molecule has 0 aliphatic heterocycles. The van der Waals surface area contributed by atoms with E-state index in [2.05, 4.69) is 13.0 Å². The number of aliphatic carboxylic acids is 1. The molecule has 0 saturated heterocycles. The molecule has 0 aromatic rings. The molecule has 0 amide bonds. The predicted octanol–water partition coefficient (Wildman–Crippen LogP) is 4.51. The Labute approximate surface area is 138 Å². The zero-order chi connectivity index (χ0) is 15.6. The van der Waals surface area contributed by atoms with Crippen molar-refractivity contribution in [2.45, 2.75) is 58.3 Å². The van der Waals surface area contributed by atoms with Crippen molar-refractivity contribution in [3.63, 3.8) is 0 Å². The Balaban J connectivity index is 1.50. The first-order valence-electron chi connectivity index (χ1n) is 10.0. The van der Waals surface area contributed by atoms with E-state index in [1.54, 1.807) is 5.57 Å². The van der Waals surface area contributed by atoms with Crippen LogP contribution >= 0.6 is 0 Å². The van der Waals surface area contributed by atoms with Crippen LogP contribution in [0.4, 0.5) is 0 Å². The number of hydrogen-bond acceptors (Lipinski definition) is 1. The Kier molecular flexibility index (Phi) is 2.28. The van der Waals surface area contributed by atoms with Gasteiger partial charge < -0.3 is 5.11 Å². The zero-order valence-corrected chi connectivity index (χ0v) is 14.1. The van der Waals surface area contributed by atoms with Crippen molar-refractivity contribution in [3.05, 3.63) is 11.6 Å². The van der Waals surface area contributed by atoms with Crippen molar-refractivity contribution in [2.75, 3.05) is 0 Å². The molecule has 23 heavy (non-hydrogen) atoms. The van der Waals surface area contributed by atoms with Crippen molar-refractivity contribution in [3.8, 4) is 0 Å². The molecule has 6 aliphatic rings. The molecule has 6 rings (SSSR count). The van der Waals surface area contributed by atoms with Gasteiger partial charge in [-0.2, -0.15) is 0 Å². The van der Waals surface area contributed by atoms with Crippen LogP contribution in [0.5, 0.6) is 0 Å². The van der Waals surface area contributed by atoms with Gasteiger partial charge in [0.05, 0.1) is 5.41 Å². The fraction of sp³-hybridized carbons (Fsp3) is 0.857. The summed E-state index contributed by atoms with van der Waals surface area (Å²) < 4.78 is 0. The quantitative estimate of drug-likeness (QED) is 0.602. The highest BCUT2D eigenvalue weighted by Crippen LogP contribution is 2.79. The molecule has 0 aromatic heterocycles. The van der Waals surface area contributed by atoms with Gasteiger partial charge in [-0.3, -0.25) is 4.79 Å². The average molecular weight is 312 g/mol. The van der Waals surface area contributed by atoms with Gasteiger partial charge >= 0.3 is 5.97 Å². The van der Waals surface area contributed by atoms with Gasteiger partial charge in [-0.25, -0.2) is 0 Å². The molecule has 0 radical (unpaired) electrons. The molecule has 6 bridgehead atoms. The summed E-state index contributed by atoms with van der Waals surface area (Å²) in [6.07, 6.45) is 13.4. The summed E-state index contributed by atoms with van der Waals surface area (Å²) in [5.41, 5.74) is 1.67. The summed E-state index contributed by atoms with van der Waals surface area (Å²) in [7, 11) is 0. The van der Waals surface area contributed by atoms with Crippen LogP contribution in [-0.2, 0) is 4.79 Å². The van der Waals surface area contributed by atoms with E-state index in [0.29, 0.717) is 17.3 Å². The second-order valence-electron chi connectivity index (χ2n) is 10.1. The van der Waals surface area contributed by atoms with Crippen molar-refractivity contribution in [2.24, 2.45) is 52.3 Å². The topological polar surface area (TPSA) is 37.3 Å². The summed E-state index contributed by atoms with van der Waals surface area (Å²) in [6.45, 7) is 2.05. The highest BCUT2D eigenvalue weighted by Gasteiger charge is 2.72. The molecule has 5 saturated carbocycles. The van der Waals surface area contributed by atoms with Crippen LogP contribution in [0.15, 0.2) is 11.6 Å². The van der Waals surface area contributed by atoms with E-state index in [0.717, 1.165) is 42.4 Å². The third-order valence-electron chi connectivity index (χ3n) is 9.64. The summed E-state index contributed by atoms with van der Waals surface area (Å²) >= 11 is 0. The van der Waals surface area contributed by atoms with Crippen molar-refractivity contribution in [1.29, 1.82) is 0 Å². The molecule has 7 unspecified atom stereocenters. The highest BCUT2D eigenvalue weighted by atomic mass is 16.4. The second kappa shape index (κ2) is 3.89. The van der Waals surface area contributed by atoms with E-state index in [9.17, 15) is 9.90 Å². The van der Waals surface area contributed by atoms with E-state index in [-0.39, 0.29) is 0 Å². The molecular formula is C21H28O2. The first-order chi connectivity index (χ1) is 11.0. The number of carboxylic acid groups (broad SMARTS) is 1. The van der Waals surface area contributed by atoms with E-state index in [1.165, 1.54) is 38.5 Å². The summed E-state index contributed by atoms with van der Waals surface area (Å²) in [5.74, 6) is 5.07. The van der Waals surface area contributed by atoms with Gasteiger partial charge in [0.15, 0.2) is 0 Å². The molecule has 0 heterocycles. The number of hydrogen-bond donors (Lipinski definition) is 1. The zero-order valence-electron chi connectivity index (χ0n) is 14.1. The molecule has 5 fully saturated rings. The molecule has 2 heteroatoms. The van der Waals surface area contributed by atoms with E-state index in [1.807, 2.05) is 0 Å². The lowest BCUT2D eigenvalue weighted by molar-refractivity contribution is -0.150. The Morgan fingerprint density at radius 2 is 1.74 bits per heavy atom. The van der Waals surface area contributed by atoms with Crippen molar-refractivity contribution >= 4 is 5.97 Å². The molecule has 0 aromatic carbocycles. The SMILES string of the molecule is CC1(C(=O)O)CC2C=C(C34C5CCC(C5)C3C3CCC4C3)C1C2. The third kappa shape index (κ3) is 1.28. The van der Waals surface area contributed by atoms with Crippen LogP contribution < -0.4 is 0 Å². The largest absolute Gasteiger partial charge is 0.481 e. The minimum absolute atomic E-state index is 0.353. The van der Waals surface area contributed by atoms with Crippen LogP contribution in [0.25, 0.3) is 0 Å². The monoisotopic (exact) mass is 312 g/mol. The van der Waals surface area contributed by atoms with Crippen LogP contribution in [0.1, 0.15) is 58.3 Å². The Bertz CT molecular complexity index is 612. The number of allylic oxidation sites excluding steroid dienone is 2. The van der Waals surface area contributed by atoms with Gasteiger partial charge in [0.1, 0.15) is 0 Å². The second-order valence-corrected chi connectivity index (χ2v) is 10.1. The summed E-state index contributed by atoms with van der Waals surface area (Å²) in [5, 5.41) is 9.93. The number of rotatable bonds is 2. The fourth-order valence-electron chi connectivity index (χ4n) is 9.24. The smallest absolute Gasteiger partial charge is 0.309 e. The predicted molar refractivity (Wildman–Crippen MR) is 87.6 cm³/mol. The maximum atomic E-state index is 12.1. The van der Waals surface area contributed by atoms with Crippen molar-refractivity contribution in [1.82, 2.24) is 0 Å². The van der Waals surface area contributed by atoms with Gasteiger partial charge in [-0.1, -0.05) is 11.6 Å². The Morgan fingerprint density at radius 3 is 2.30 bits per heavy atom. The van der Waals surface area contributed by atoms with Crippen molar-refractivity contribution < 1.29 is 9.90 Å². The number of carboxylic acids is 1.